The lowest BCUT2D eigenvalue weighted by Crippen LogP contribution is -2.48. The number of benzene rings is 1. The Bertz CT molecular complexity index is 625. The zero-order valence-corrected chi connectivity index (χ0v) is 13.4. The Labute approximate surface area is 134 Å². The van der Waals surface area contributed by atoms with Crippen LogP contribution in [-0.4, -0.2) is 27.8 Å². The van der Waals surface area contributed by atoms with Gasteiger partial charge in [-0.2, -0.15) is 5.10 Å². The molecule has 0 aliphatic rings. The van der Waals surface area contributed by atoms with Gasteiger partial charge in [-0.25, -0.2) is 4.68 Å². The largest absolute Gasteiger partial charge is 0.346 e. The first kappa shape index (κ1) is 17.5. The minimum absolute atomic E-state index is 0. The van der Waals surface area contributed by atoms with Crippen LogP contribution in [0.3, 0.4) is 0 Å². The van der Waals surface area contributed by atoms with Gasteiger partial charge in [-0.1, -0.05) is 17.7 Å². The van der Waals surface area contributed by atoms with Crippen molar-refractivity contribution in [2.75, 3.05) is 6.54 Å². The number of hydrogen-bond donors (Lipinski definition) is 2. The number of hydrogen-bond acceptors (Lipinski definition) is 3. The molecule has 0 unspecified atom stereocenters. The summed E-state index contributed by atoms with van der Waals surface area (Å²) in [4.78, 5) is 12.1. The minimum atomic E-state index is -0.449. The van der Waals surface area contributed by atoms with Gasteiger partial charge in [0.05, 0.1) is 17.4 Å². The van der Waals surface area contributed by atoms with E-state index in [0.29, 0.717) is 17.1 Å². The summed E-state index contributed by atoms with van der Waals surface area (Å²) >= 11 is 5.94. The third kappa shape index (κ3) is 4.46. The van der Waals surface area contributed by atoms with Crippen molar-refractivity contribution < 1.29 is 4.79 Å². The average molecular weight is 329 g/mol. The smallest absolute Gasteiger partial charge is 0.254 e. The second-order valence-electron chi connectivity index (χ2n) is 5.20. The highest BCUT2D eigenvalue weighted by atomic mass is 35.5. The molecule has 2 aromatic rings. The van der Waals surface area contributed by atoms with E-state index in [1.165, 1.54) is 6.20 Å². The van der Waals surface area contributed by atoms with Gasteiger partial charge < -0.3 is 11.1 Å². The molecule has 0 fully saturated rings. The van der Waals surface area contributed by atoms with Crippen LogP contribution in [0.25, 0.3) is 5.69 Å². The molecule has 21 heavy (non-hydrogen) atoms. The molecule has 0 saturated heterocycles. The molecule has 114 valence electrons. The van der Waals surface area contributed by atoms with Crippen LogP contribution < -0.4 is 11.1 Å². The Balaban J connectivity index is 0.00000220. The molecule has 0 aliphatic heterocycles. The van der Waals surface area contributed by atoms with Crippen molar-refractivity contribution in [3.05, 3.63) is 47.2 Å². The van der Waals surface area contributed by atoms with Crippen molar-refractivity contribution in [2.45, 2.75) is 19.4 Å². The Morgan fingerprint density at radius 1 is 1.48 bits per heavy atom. The van der Waals surface area contributed by atoms with Gasteiger partial charge >= 0.3 is 0 Å². The van der Waals surface area contributed by atoms with Crippen LogP contribution in [0.4, 0.5) is 0 Å². The van der Waals surface area contributed by atoms with Gasteiger partial charge in [0.15, 0.2) is 0 Å². The summed E-state index contributed by atoms with van der Waals surface area (Å²) in [6.07, 6.45) is 3.18. The van der Waals surface area contributed by atoms with Gasteiger partial charge in [-0.05, 0) is 32.0 Å². The van der Waals surface area contributed by atoms with Gasteiger partial charge in [0.1, 0.15) is 0 Å². The van der Waals surface area contributed by atoms with E-state index in [0.717, 1.165) is 5.69 Å². The van der Waals surface area contributed by atoms with Crippen LogP contribution in [0.15, 0.2) is 36.7 Å². The molecular weight excluding hydrogens is 311 g/mol. The summed E-state index contributed by atoms with van der Waals surface area (Å²) in [5, 5.41) is 7.64. The van der Waals surface area contributed by atoms with E-state index in [-0.39, 0.29) is 18.3 Å². The van der Waals surface area contributed by atoms with Crippen molar-refractivity contribution >= 4 is 29.9 Å². The Morgan fingerprint density at radius 2 is 2.19 bits per heavy atom. The molecule has 7 heteroatoms. The molecule has 1 aromatic carbocycles. The van der Waals surface area contributed by atoms with E-state index >= 15 is 0 Å². The lowest BCUT2D eigenvalue weighted by molar-refractivity contribution is 0.0915. The summed E-state index contributed by atoms with van der Waals surface area (Å²) in [5.74, 6) is -0.200. The number of rotatable bonds is 4. The van der Waals surface area contributed by atoms with Crippen LogP contribution in [0.5, 0.6) is 0 Å². The summed E-state index contributed by atoms with van der Waals surface area (Å²) in [7, 11) is 0. The van der Waals surface area contributed by atoms with Crippen LogP contribution in [-0.2, 0) is 0 Å². The highest BCUT2D eigenvalue weighted by Crippen LogP contribution is 2.15. The maximum absolute atomic E-state index is 12.1. The number of aromatic nitrogens is 2. The Morgan fingerprint density at radius 3 is 2.81 bits per heavy atom. The molecule has 1 heterocycles. The second kappa shape index (κ2) is 6.93. The van der Waals surface area contributed by atoms with E-state index in [1.54, 1.807) is 23.0 Å². The first-order chi connectivity index (χ1) is 9.41. The van der Waals surface area contributed by atoms with Crippen molar-refractivity contribution in [3.8, 4) is 5.69 Å². The van der Waals surface area contributed by atoms with Crippen molar-refractivity contribution in [2.24, 2.45) is 5.73 Å². The third-order valence-corrected chi connectivity index (χ3v) is 3.11. The number of nitrogens with two attached hydrogens (primary N) is 1. The molecule has 0 radical (unpaired) electrons. The first-order valence-corrected chi connectivity index (χ1v) is 6.62. The van der Waals surface area contributed by atoms with Crippen molar-refractivity contribution in [3.63, 3.8) is 0 Å². The normalized spacial score (nSPS) is 10.9. The molecule has 1 amide bonds. The minimum Gasteiger partial charge on any atom is -0.346 e. The molecule has 0 aliphatic carbocycles. The quantitative estimate of drug-likeness (QED) is 0.905. The van der Waals surface area contributed by atoms with E-state index < -0.39 is 5.54 Å². The lowest BCUT2D eigenvalue weighted by Gasteiger charge is -2.23. The molecule has 5 nitrogen and oxygen atoms in total. The van der Waals surface area contributed by atoms with Crippen LogP contribution in [0.1, 0.15) is 24.2 Å². The molecule has 1 aromatic heterocycles. The van der Waals surface area contributed by atoms with Crippen molar-refractivity contribution in [1.29, 1.82) is 0 Å². The van der Waals surface area contributed by atoms with Gasteiger partial charge in [0.2, 0.25) is 0 Å². The fourth-order valence-corrected chi connectivity index (χ4v) is 1.81. The standard InChI is InChI=1S/C14H17ClN4O.ClH/c1-14(2,9-16)18-13(20)10-7-17-19(8-10)12-5-3-4-11(15)6-12;/h3-8H,9,16H2,1-2H3,(H,18,20);1H. The highest BCUT2D eigenvalue weighted by molar-refractivity contribution is 6.30. The zero-order valence-electron chi connectivity index (χ0n) is 11.8. The molecule has 2 rings (SSSR count). The predicted octanol–water partition coefficient (Wildman–Crippen LogP) is 2.41. The van der Waals surface area contributed by atoms with Crippen LogP contribution >= 0.6 is 24.0 Å². The molecule has 0 atom stereocenters. The van der Waals surface area contributed by atoms with Gasteiger partial charge in [0, 0.05) is 23.3 Å². The SMILES string of the molecule is CC(C)(CN)NC(=O)c1cnn(-c2cccc(Cl)c2)c1.Cl. The predicted molar refractivity (Wildman–Crippen MR) is 86.4 cm³/mol. The first-order valence-electron chi connectivity index (χ1n) is 6.24. The summed E-state index contributed by atoms with van der Waals surface area (Å²) in [6, 6.07) is 7.26. The van der Waals surface area contributed by atoms with E-state index in [4.69, 9.17) is 17.3 Å². The number of carbonyl (C=O) groups excluding carboxylic acids is 1. The Kier molecular flexibility index (Phi) is 5.78. The summed E-state index contributed by atoms with van der Waals surface area (Å²) < 4.78 is 1.61. The van der Waals surface area contributed by atoms with Crippen LogP contribution in [0, 0.1) is 0 Å². The van der Waals surface area contributed by atoms with Gasteiger partial charge in [-0.15, -0.1) is 12.4 Å². The maximum Gasteiger partial charge on any atom is 0.254 e. The Hall–Kier alpha value is -1.56. The lowest BCUT2D eigenvalue weighted by atomic mass is 10.1. The summed E-state index contributed by atoms with van der Waals surface area (Å²) in [6.45, 7) is 4.10. The zero-order chi connectivity index (χ0) is 14.8. The number of carbonyl (C=O) groups is 1. The fraction of sp³-hybridized carbons (Fsp3) is 0.286. The summed E-state index contributed by atoms with van der Waals surface area (Å²) in [5.41, 5.74) is 6.43. The maximum atomic E-state index is 12.1. The van der Waals surface area contributed by atoms with Crippen LogP contribution in [0.2, 0.25) is 5.02 Å². The van der Waals surface area contributed by atoms with E-state index in [2.05, 4.69) is 10.4 Å². The van der Waals surface area contributed by atoms with E-state index in [9.17, 15) is 4.79 Å². The molecule has 0 bridgehead atoms. The average Bonchev–Trinajstić information content (AvgIpc) is 2.88. The monoisotopic (exact) mass is 328 g/mol. The molecular formula is C14H18Cl2N4O. The number of halogens is 2. The molecule has 0 saturated carbocycles. The molecule has 0 spiro atoms. The molecule has 3 N–H and O–H groups in total. The topological polar surface area (TPSA) is 72.9 Å². The highest BCUT2D eigenvalue weighted by Gasteiger charge is 2.20. The van der Waals surface area contributed by atoms with Gasteiger partial charge in [0.25, 0.3) is 5.91 Å². The number of nitrogens with zero attached hydrogens (tertiary/aromatic N) is 2. The van der Waals surface area contributed by atoms with Gasteiger partial charge in [-0.3, -0.25) is 4.79 Å². The fourth-order valence-electron chi connectivity index (χ4n) is 1.63. The van der Waals surface area contributed by atoms with E-state index in [1.807, 2.05) is 26.0 Å². The second-order valence-corrected chi connectivity index (χ2v) is 5.63. The number of amides is 1. The third-order valence-electron chi connectivity index (χ3n) is 2.88. The number of nitrogens with one attached hydrogen (secondary N) is 1. The van der Waals surface area contributed by atoms with Crippen molar-refractivity contribution in [1.82, 2.24) is 15.1 Å².